The van der Waals surface area contributed by atoms with Crippen LogP contribution in [0.2, 0.25) is 0 Å². The van der Waals surface area contributed by atoms with Crippen LogP contribution in [0, 0.1) is 0 Å². The number of benzene rings is 2. The number of azo groups is 1. The first-order chi connectivity index (χ1) is 11.9. The Hall–Kier alpha value is -2.04. The number of pyridine rings is 1. The number of aromatic nitrogens is 1. The molecule has 3 N–H and O–H groups in total. The number of fused-ring (bicyclic) bond motifs is 1. The Kier molecular flexibility index (Phi) is 6.32. The van der Waals surface area contributed by atoms with E-state index >= 15 is 0 Å². The first-order valence-corrected chi connectivity index (χ1v) is 8.54. The second-order valence-corrected chi connectivity index (χ2v) is 6.48. The van der Waals surface area contributed by atoms with Gasteiger partial charge in [-0.05, 0) is 12.1 Å². The summed E-state index contributed by atoms with van der Waals surface area (Å²) in [5.74, 6) is 0.429. The third-order valence-electron chi connectivity index (χ3n) is 3.51. The first kappa shape index (κ1) is 20.3. The molecule has 0 saturated carbocycles. The van der Waals surface area contributed by atoms with Crippen LogP contribution in [0.3, 0.4) is 0 Å². The zero-order valence-electron chi connectivity index (χ0n) is 13.1. The number of nitrogens with zero attached hydrogens (tertiary/aromatic N) is 3. The SMILES string of the molecule is COc1ccc(/N=N/c2cc(S(=O)(=O)O)c3ccccc3c2N)cn1.[NaH]. The summed E-state index contributed by atoms with van der Waals surface area (Å²) in [6, 6.07) is 11.0. The van der Waals surface area contributed by atoms with Crippen molar-refractivity contribution in [2.75, 3.05) is 12.8 Å². The number of hydrogen-bond donors (Lipinski definition) is 2. The van der Waals surface area contributed by atoms with Crippen molar-refractivity contribution in [2.45, 2.75) is 4.90 Å². The molecule has 0 unspecified atom stereocenters. The van der Waals surface area contributed by atoms with Gasteiger partial charge < -0.3 is 10.5 Å². The van der Waals surface area contributed by atoms with E-state index in [1.165, 1.54) is 19.4 Å². The van der Waals surface area contributed by atoms with Gasteiger partial charge in [0.15, 0.2) is 0 Å². The minimum atomic E-state index is -4.45. The van der Waals surface area contributed by atoms with Gasteiger partial charge in [-0.15, -0.1) is 10.2 Å². The Labute approximate surface area is 172 Å². The topological polar surface area (TPSA) is 127 Å². The molecule has 0 bridgehead atoms. The molecule has 0 atom stereocenters. The fraction of sp³-hybridized carbons (Fsp3) is 0.0625. The van der Waals surface area contributed by atoms with Gasteiger partial charge in [0.1, 0.15) is 16.3 Å². The van der Waals surface area contributed by atoms with E-state index in [0.29, 0.717) is 22.3 Å². The standard InChI is InChI=1S/C16H14N4O4S.Na.H/c1-24-15-7-6-10(9-18-15)19-20-13-8-14(25(21,22)23)11-4-2-3-5-12(11)16(13)17;;/h2-9H,17H2,1H3,(H,21,22,23);;/b20-19+;;. The normalized spacial score (nSPS) is 11.5. The fourth-order valence-corrected chi connectivity index (χ4v) is 3.03. The second-order valence-electron chi connectivity index (χ2n) is 5.09. The van der Waals surface area contributed by atoms with Gasteiger partial charge in [-0.1, -0.05) is 24.3 Å². The van der Waals surface area contributed by atoms with Gasteiger partial charge >= 0.3 is 29.6 Å². The van der Waals surface area contributed by atoms with Crippen LogP contribution in [-0.2, 0) is 10.1 Å². The predicted octanol–water partition coefficient (Wildman–Crippen LogP) is 2.84. The maximum atomic E-state index is 11.7. The predicted molar refractivity (Wildman–Crippen MR) is 100 cm³/mol. The van der Waals surface area contributed by atoms with Crippen LogP contribution < -0.4 is 10.5 Å². The van der Waals surface area contributed by atoms with E-state index in [2.05, 4.69) is 15.2 Å². The van der Waals surface area contributed by atoms with Gasteiger partial charge in [0, 0.05) is 16.8 Å². The van der Waals surface area contributed by atoms with Crippen LogP contribution in [0.15, 0.2) is 63.8 Å². The van der Waals surface area contributed by atoms with Crippen molar-refractivity contribution in [3.05, 3.63) is 48.7 Å². The summed E-state index contributed by atoms with van der Waals surface area (Å²) < 4.78 is 37.8. The van der Waals surface area contributed by atoms with Crippen LogP contribution in [0.1, 0.15) is 0 Å². The molecule has 0 aliphatic carbocycles. The molecule has 0 aliphatic rings. The van der Waals surface area contributed by atoms with E-state index in [1.54, 1.807) is 36.4 Å². The number of anilines is 1. The van der Waals surface area contributed by atoms with Crippen LogP contribution in [0.4, 0.5) is 17.1 Å². The van der Waals surface area contributed by atoms with Gasteiger partial charge in [0.25, 0.3) is 10.1 Å². The third kappa shape index (κ3) is 4.19. The van der Waals surface area contributed by atoms with Gasteiger partial charge in [0.2, 0.25) is 5.88 Å². The van der Waals surface area contributed by atoms with Crippen LogP contribution in [0.25, 0.3) is 10.8 Å². The van der Waals surface area contributed by atoms with Crippen molar-refractivity contribution < 1.29 is 17.7 Å². The summed E-state index contributed by atoms with van der Waals surface area (Å²) in [4.78, 5) is 3.72. The van der Waals surface area contributed by atoms with Crippen molar-refractivity contribution in [1.82, 2.24) is 4.98 Å². The van der Waals surface area contributed by atoms with E-state index in [4.69, 9.17) is 10.5 Å². The average Bonchev–Trinajstić information content (AvgIpc) is 2.61. The molecule has 8 nitrogen and oxygen atoms in total. The summed E-state index contributed by atoms with van der Waals surface area (Å²) in [7, 11) is -2.95. The molecule has 10 heteroatoms. The molecule has 130 valence electrons. The van der Waals surface area contributed by atoms with Crippen molar-refractivity contribution in [1.29, 1.82) is 0 Å². The van der Waals surface area contributed by atoms with Gasteiger partial charge in [-0.3, -0.25) is 4.55 Å². The Balaban J connectivity index is 0.00000243. The van der Waals surface area contributed by atoms with Crippen LogP contribution in [0.5, 0.6) is 5.88 Å². The fourth-order valence-electron chi connectivity index (χ4n) is 2.31. The molecule has 3 aromatic rings. The molecule has 2 aromatic carbocycles. The quantitative estimate of drug-likeness (QED) is 0.309. The summed E-state index contributed by atoms with van der Waals surface area (Å²) in [6.07, 6.45) is 1.45. The summed E-state index contributed by atoms with van der Waals surface area (Å²) in [6.45, 7) is 0. The van der Waals surface area contributed by atoms with Crippen molar-refractivity contribution >= 4 is 67.5 Å². The number of ether oxygens (including phenoxy) is 1. The Morgan fingerprint density at radius 3 is 2.38 bits per heavy atom. The zero-order chi connectivity index (χ0) is 18.0. The molecule has 1 heterocycles. The molecule has 26 heavy (non-hydrogen) atoms. The molecule has 0 radical (unpaired) electrons. The Morgan fingerprint density at radius 2 is 1.81 bits per heavy atom. The van der Waals surface area contributed by atoms with Crippen LogP contribution in [-0.4, -0.2) is 54.6 Å². The first-order valence-electron chi connectivity index (χ1n) is 7.10. The van der Waals surface area contributed by atoms with E-state index in [-0.39, 0.29) is 45.8 Å². The maximum absolute atomic E-state index is 11.7. The molecular weight excluding hydrogens is 367 g/mol. The van der Waals surface area contributed by atoms with Gasteiger partial charge in [0.05, 0.1) is 19.0 Å². The van der Waals surface area contributed by atoms with E-state index in [0.717, 1.165) is 0 Å². The van der Waals surface area contributed by atoms with E-state index in [1.807, 2.05) is 0 Å². The molecular formula is C16H15N4NaO4S. The second kappa shape index (κ2) is 8.11. The van der Waals surface area contributed by atoms with Gasteiger partial charge in [-0.25, -0.2) is 4.98 Å². The monoisotopic (exact) mass is 382 g/mol. The zero-order valence-corrected chi connectivity index (χ0v) is 13.9. The molecule has 0 fully saturated rings. The molecule has 1 aromatic heterocycles. The summed E-state index contributed by atoms with van der Waals surface area (Å²) in [5, 5.41) is 8.76. The van der Waals surface area contributed by atoms with E-state index in [9.17, 15) is 13.0 Å². The molecule has 0 saturated heterocycles. The number of methoxy groups -OCH3 is 1. The molecule has 0 aliphatic heterocycles. The minimum absolute atomic E-state index is 0. The summed E-state index contributed by atoms with van der Waals surface area (Å²) >= 11 is 0. The number of nitrogen functional groups attached to an aromatic ring is 1. The van der Waals surface area contributed by atoms with Crippen molar-refractivity contribution in [3.8, 4) is 5.88 Å². The van der Waals surface area contributed by atoms with Crippen molar-refractivity contribution in [2.24, 2.45) is 10.2 Å². The van der Waals surface area contributed by atoms with E-state index < -0.39 is 10.1 Å². The Morgan fingerprint density at radius 1 is 1.12 bits per heavy atom. The van der Waals surface area contributed by atoms with Crippen LogP contribution >= 0.6 is 0 Å². The molecule has 3 rings (SSSR count). The number of hydrogen-bond acceptors (Lipinski definition) is 7. The number of rotatable bonds is 4. The van der Waals surface area contributed by atoms with Crippen molar-refractivity contribution in [3.63, 3.8) is 0 Å². The average molecular weight is 382 g/mol. The number of nitrogens with two attached hydrogens (primary N) is 1. The summed E-state index contributed by atoms with van der Waals surface area (Å²) in [5.41, 5.74) is 6.89. The molecule has 0 spiro atoms. The molecule has 0 amide bonds. The third-order valence-corrected chi connectivity index (χ3v) is 4.40. The Bertz CT molecular complexity index is 1070. The van der Waals surface area contributed by atoms with Gasteiger partial charge in [-0.2, -0.15) is 8.42 Å².